The highest BCUT2D eigenvalue weighted by molar-refractivity contribution is 6.31. The zero-order valence-electron chi connectivity index (χ0n) is 10.8. The van der Waals surface area contributed by atoms with E-state index in [9.17, 15) is 8.78 Å². The highest BCUT2D eigenvalue weighted by Gasteiger charge is 2.10. The topological polar surface area (TPSA) is 48.0 Å². The summed E-state index contributed by atoms with van der Waals surface area (Å²) >= 11 is 5.74. The molecular formula is C15H11ClF2N2O. The molecule has 0 spiro atoms. The van der Waals surface area contributed by atoms with E-state index < -0.39 is 11.6 Å². The number of rotatable bonds is 3. The maximum absolute atomic E-state index is 13.8. The van der Waals surface area contributed by atoms with Gasteiger partial charge in [-0.15, -0.1) is 0 Å². The molecule has 0 fully saturated rings. The number of hydrogen-bond acceptors (Lipinski definition) is 2. The molecule has 1 aromatic heterocycles. The fraction of sp³-hybridized carbons (Fsp3) is 0.0667. The van der Waals surface area contributed by atoms with Gasteiger partial charge in [0.2, 0.25) is 0 Å². The summed E-state index contributed by atoms with van der Waals surface area (Å²) in [6.45, 7) is -0.212. The van der Waals surface area contributed by atoms with Crippen molar-refractivity contribution >= 4 is 33.9 Å². The van der Waals surface area contributed by atoms with Crippen molar-refractivity contribution in [3.63, 3.8) is 0 Å². The molecule has 6 heteroatoms. The predicted octanol–water partition coefficient (Wildman–Crippen LogP) is 4.34. The number of nitrogens with one attached hydrogen (secondary N) is 2. The van der Waals surface area contributed by atoms with Crippen molar-refractivity contribution in [2.45, 2.75) is 6.61 Å². The van der Waals surface area contributed by atoms with Crippen LogP contribution in [-0.4, -0.2) is 10.1 Å². The Morgan fingerprint density at radius 3 is 2.57 bits per heavy atom. The van der Waals surface area contributed by atoms with Crippen molar-refractivity contribution < 1.29 is 13.9 Å². The molecule has 0 bridgehead atoms. The van der Waals surface area contributed by atoms with Crippen molar-refractivity contribution in [1.29, 1.82) is 0 Å². The van der Waals surface area contributed by atoms with Crippen molar-refractivity contribution in [2.24, 2.45) is 0 Å². The van der Waals surface area contributed by atoms with Crippen LogP contribution in [0.5, 0.6) is 0 Å². The van der Waals surface area contributed by atoms with Crippen LogP contribution in [0.3, 0.4) is 0 Å². The summed E-state index contributed by atoms with van der Waals surface area (Å²) < 4.78 is 26.9. The highest BCUT2D eigenvalue weighted by atomic mass is 35.5. The molecule has 0 aliphatic carbocycles. The Balaban J connectivity index is 2.05. The van der Waals surface area contributed by atoms with Gasteiger partial charge in [0.25, 0.3) is 0 Å². The third kappa shape index (κ3) is 2.57. The number of benzene rings is 2. The number of halogens is 3. The van der Waals surface area contributed by atoms with Gasteiger partial charge in [-0.1, -0.05) is 11.6 Å². The number of fused-ring (bicyclic) bond motifs is 1. The number of H-pyrrole nitrogens is 1. The van der Waals surface area contributed by atoms with E-state index in [1.165, 1.54) is 24.3 Å². The number of aliphatic hydroxyl groups is 1. The van der Waals surface area contributed by atoms with Crippen LogP contribution in [0.1, 0.15) is 5.69 Å². The number of anilines is 2. The van der Waals surface area contributed by atoms with E-state index in [0.717, 1.165) is 0 Å². The molecule has 2 aromatic carbocycles. The van der Waals surface area contributed by atoms with Crippen molar-refractivity contribution in [2.75, 3.05) is 5.32 Å². The van der Waals surface area contributed by atoms with E-state index in [-0.39, 0.29) is 11.6 Å². The SMILES string of the molecule is OCc1cc2c(Nc3ccc(F)c(Cl)c3)ccc(F)c2[nH]1. The minimum atomic E-state index is -0.504. The molecule has 0 saturated heterocycles. The molecule has 108 valence electrons. The van der Waals surface area contributed by atoms with Crippen molar-refractivity contribution in [3.05, 3.63) is 58.7 Å². The van der Waals surface area contributed by atoms with E-state index in [1.807, 2.05) is 0 Å². The monoisotopic (exact) mass is 308 g/mol. The van der Waals surface area contributed by atoms with Crippen molar-refractivity contribution in [1.82, 2.24) is 4.98 Å². The Hall–Kier alpha value is -2.11. The number of aromatic nitrogens is 1. The van der Waals surface area contributed by atoms with Crippen molar-refractivity contribution in [3.8, 4) is 0 Å². The Labute approximate surface area is 124 Å². The first-order valence-electron chi connectivity index (χ1n) is 6.21. The third-order valence-electron chi connectivity index (χ3n) is 3.17. The lowest BCUT2D eigenvalue weighted by Gasteiger charge is -2.09. The summed E-state index contributed by atoms with van der Waals surface area (Å²) in [5.74, 6) is -0.914. The molecule has 3 N–H and O–H groups in total. The van der Waals surface area contributed by atoms with E-state index in [4.69, 9.17) is 16.7 Å². The number of aliphatic hydroxyl groups excluding tert-OH is 1. The van der Waals surface area contributed by atoms with Gasteiger partial charge in [0.1, 0.15) is 11.6 Å². The molecule has 3 nitrogen and oxygen atoms in total. The number of hydrogen-bond donors (Lipinski definition) is 3. The fourth-order valence-corrected chi connectivity index (χ4v) is 2.34. The fourth-order valence-electron chi connectivity index (χ4n) is 2.16. The molecule has 0 atom stereocenters. The highest BCUT2D eigenvalue weighted by Crippen LogP contribution is 2.30. The zero-order valence-corrected chi connectivity index (χ0v) is 11.5. The van der Waals surface area contributed by atoms with Gasteiger partial charge in [0.15, 0.2) is 0 Å². The van der Waals surface area contributed by atoms with Crippen LogP contribution in [0.15, 0.2) is 36.4 Å². The summed E-state index contributed by atoms with van der Waals surface area (Å²) in [5.41, 5.74) is 2.03. The largest absolute Gasteiger partial charge is 0.390 e. The second-order valence-corrected chi connectivity index (χ2v) is 5.00. The Morgan fingerprint density at radius 1 is 1.10 bits per heavy atom. The van der Waals surface area contributed by atoms with Gasteiger partial charge >= 0.3 is 0 Å². The van der Waals surface area contributed by atoms with Crippen LogP contribution >= 0.6 is 11.6 Å². The lowest BCUT2D eigenvalue weighted by atomic mass is 10.2. The molecule has 0 amide bonds. The van der Waals surface area contributed by atoms with E-state index in [1.54, 1.807) is 12.1 Å². The first kappa shape index (κ1) is 13.9. The summed E-state index contributed by atoms with van der Waals surface area (Å²) in [6.07, 6.45) is 0. The van der Waals surface area contributed by atoms with Crippen LogP contribution in [-0.2, 0) is 6.61 Å². The minimum absolute atomic E-state index is 0.00321. The normalized spacial score (nSPS) is 11.0. The molecule has 3 rings (SSSR count). The summed E-state index contributed by atoms with van der Waals surface area (Å²) in [7, 11) is 0. The number of aromatic amines is 1. The van der Waals surface area contributed by atoms with Gasteiger partial charge in [-0.2, -0.15) is 0 Å². The maximum atomic E-state index is 13.8. The van der Waals surface area contributed by atoms with E-state index >= 15 is 0 Å². The average Bonchev–Trinajstić information content (AvgIpc) is 2.91. The Kier molecular flexibility index (Phi) is 3.53. The molecule has 0 radical (unpaired) electrons. The van der Waals surface area contributed by atoms with Crippen LogP contribution in [0.4, 0.5) is 20.2 Å². The standard InChI is InChI=1S/C15H11ClF2N2O/c16-11-6-8(1-2-12(11)17)19-14-4-3-13(18)15-10(14)5-9(7-21)20-15/h1-6,19-21H,7H2. The van der Waals surface area contributed by atoms with Gasteiger partial charge < -0.3 is 15.4 Å². The third-order valence-corrected chi connectivity index (χ3v) is 3.46. The molecular weight excluding hydrogens is 298 g/mol. The van der Waals surface area contributed by atoms with Gasteiger partial charge in [-0.05, 0) is 36.4 Å². The lowest BCUT2D eigenvalue weighted by Crippen LogP contribution is -1.92. The summed E-state index contributed by atoms with van der Waals surface area (Å²) in [4.78, 5) is 2.81. The predicted molar refractivity (Wildman–Crippen MR) is 78.9 cm³/mol. The summed E-state index contributed by atoms with van der Waals surface area (Å²) in [5, 5.41) is 12.8. The maximum Gasteiger partial charge on any atom is 0.147 e. The second kappa shape index (κ2) is 5.35. The van der Waals surface area contributed by atoms with Gasteiger partial charge in [0, 0.05) is 22.5 Å². The molecule has 0 aliphatic rings. The van der Waals surface area contributed by atoms with Gasteiger partial charge in [0.05, 0.1) is 17.1 Å². The van der Waals surface area contributed by atoms with Crippen LogP contribution in [0.2, 0.25) is 5.02 Å². The average molecular weight is 309 g/mol. The first-order valence-corrected chi connectivity index (χ1v) is 6.59. The molecule has 1 heterocycles. The lowest BCUT2D eigenvalue weighted by molar-refractivity contribution is 0.278. The van der Waals surface area contributed by atoms with Gasteiger partial charge in [-0.3, -0.25) is 0 Å². The van der Waals surface area contributed by atoms with Crippen LogP contribution in [0.25, 0.3) is 10.9 Å². The van der Waals surface area contributed by atoms with E-state index in [2.05, 4.69) is 10.3 Å². The molecule has 0 unspecified atom stereocenters. The molecule has 3 aromatic rings. The van der Waals surface area contributed by atoms with Crippen LogP contribution in [0, 0.1) is 11.6 Å². The first-order chi connectivity index (χ1) is 10.1. The smallest absolute Gasteiger partial charge is 0.147 e. The Bertz CT molecular complexity index is 817. The van der Waals surface area contributed by atoms with E-state index in [0.29, 0.717) is 28.0 Å². The minimum Gasteiger partial charge on any atom is -0.390 e. The van der Waals surface area contributed by atoms with Gasteiger partial charge in [-0.25, -0.2) is 8.78 Å². The Morgan fingerprint density at radius 2 is 1.86 bits per heavy atom. The molecule has 0 aliphatic heterocycles. The molecule has 0 saturated carbocycles. The second-order valence-electron chi connectivity index (χ2n) is 4.59. The zero-order chi connectivity index (χ0) is 15.0. The van der Waals surface area contributed by atoms with Crippen LogP contribution < -0.4 is 5.32 Å². The quantitative estimate of drug-likeness (QED) is 0.674. The summed E-state index contributed by atoms with van der Waals surface area (Å²) in [6, 6.07) is 8.78. The molecule has 21 heavy (non-hydrogen) atoms.